The lowest BCUT2D eigenvalue weighted by atomic mass is 9.32. The van der Waals surface area contributed by atoms with E-state index in [9.17, 15) is 18.0 Å². The number of likely N-dealkylation sites (tertiary alicyclic amines) is 1. The smallest absolute Gasteiger partial charge is 0.372 e. The molecule has 1 aliphatic heterocycles. The highest BCUT2D eigenvalue weighted by Gasteiger charge is 2.57. The van der Waals surface area contributed by atoms with Gasteiger partial charge in [-0.3, -0.25) is 4.79 Å². The Hall–Kier alpha value is -1.75. The minimum Gasteiger partial charge on any atom is -0.372 e. The number of carbonyl (C=O) groups excluding carboxylic acids is 1. The van der Waals surface area contributed by atoms with Gasteiger partial charge >= 0.3 is 6.18 Å². The van der Waals surface area contributed by atoms with Gasteiger partial charge in [0.25, 0.3) is 0 Å². The van der Waals surface area contributed by atoms with Crippen LogP contribution in [0.15, 0.2) is 6.20 Å². The highest BCUT2D eigenvalue weighted by molar-refractivity contribution is 7.16. The topological polar surface area (TPSA) is 83.0 Å². The molecule has 7 nitrogen and oxygen atoms in total. The second-order valence-electron chi connectivity index (χ2n) is 7.40. The van der Waals surface area contributed by atoms with Gasteiger partial charge in [-0.25, -0.2) is 9.97 Å². The van der Waals surface area contributed by atoms with E-state index >= 15 is 0 Å². The Morgan fingerprint density at radius 1 is 1.18 bits per heavy atom. The number of anilines is 3. The molecule has 1 atom stereocenters. The summed E-state index contributed by atoms with van der Waals surface area (Å²) in [5, 5.41) is 0.851. The van der Waals surface area contributed by atoms with Gasteiger partial charge in [0, 0.05) is 19.8 Å². The summed E-state index contributed by atoms with van der Waals surface area (Å²) in [5.74, 6) is -1.45. The Kier molecular flexibility index (Phi) is 6.65. The summed E-state index contributed by atoms with van der Waals surface area (Å²) in [6.45, 7) is -0.0246. The van der Waals surface area contributed by atoms with Gasteiger partial charge < -0.3 is 15.5 Å². The number of hydrogen-bond donors (Lipinski definition) is 2. The normalized spacial score (nSPS) is 19.7. The van der Waals surface area contributed by atoms with Gasteiger partial charge in [-0.05, 0) is 6.42 Å². The van der Waals surface area contributed by atoms with Gasteiger partial charge in [-0.15, -0.1) is 5.11 Å². The van der Waals surface area contributed by atoms with Crippen molar-refractivity contribution in [2.24, 2.45) is 0 Å². The monoisotopic (exact) mass is 480 g/mol. The molecule has 0 aromatic carbocycles. The summed E-state index contributed by atoms with van der Waals surface area (Å²) in [6, 6.07) is 0. The molecular formula is C15H10B6ClF3N6OS. The van der Waals surface area contributed by atoms with Crippen LogP contribution in [0.1, 0.15) is 17.0 Å². The first-order valence-electron chi connectivity index (χ1n) is 9.13. The van der Waals surface area contributed by atoms with Crippen LogP contribution in [0.4, 0.5) is 29.9 Å². The summed E-state index contributed by atoms with van der Waals surface area (Å²) in [6.07, 6.45) is -4.10. The molecule has 2 aromatic rings. The maximum Gasteiger partial charge on any atom is 0.421 e. The molecule has 1 aliphatic rings. The van der Waals surface area contributed by atoms with E-state index in [-0.39, 0.29) is 34.1 Å². The molecule has 0 saturated carbocycles. The van der Waals surface area contributed by atoms with Crippen LogP contribution in [0, 0.1) is 0 Å². The van der Waals surface area contributed by atoms with Gasteiger partial charge in [-0.1, -0.05) is 28.2 Å². The minimum absolute atomic E-state index is 0.0139. The van der Waals surface area contributed by atoms with E-state index in [0.29, 0.717) is 6.20 Å². The summed E-state index contributed by atoms with van der Waals surface area (Å²) < 4.78 is 39.2. The lowest BCUT2D eigenvalue weighted by Crippen LogP contribution is -2.56. The SMILES string of the molecule is [B]C([B])([B])N1CC[C@@](c2nc(Cl)c(Nc3ncc(C(F)(F)F)c(NC)n3)s2)(C([B])([B])[B])C1=O. The van der Waals surface area contributed by atoms with Crippen molar-refractivity contribution < 1.29 is 18.0 Å². The second kappa shape index (κ2) is 8.48. The third-order valence-corrected chi connectivity index (χ3v) is 6.55. The molecule has 18 heteroatoms. The molecule has 12 radical (unpaired) electrons. The first kappa shape index (κ1) is 25.9. The van der Waals surface area contributed by atoms with Crippen molar-refractivity contribution in [1.29, 1.82) is 0 Å². The zero-order valence-electron chi connectivity index (χ0n) is 17.1. The molecule has 1 fully saturated rings. The van der Waals surface area contributed by atoms with E-state index < -0.39 is 39.2 Å². The highest BCUT2D eigenvalue weighted by atomic mass is 35.5. The molecule has 0 unspecified atom stereocenters. The van der Waals surface area contributed by atoms with E-state index in [1.807, 2.05) is 0 Å². The maximum absolute atomic E-state index is 13.2. The molecule has 2 N–H and O–H groups in total. The highest BCUT2D eigenvalue weighted by Crippen LogP contribution is 2.52. The number of aromatic nitrogens is 3. The molecule has 1 saturated heterocycles. The fourth-order valence-corrected chi connectivity index (χ4v) is 4.82. The summed E-state index contributed by atoms with van der Waals surface area (Å²) in [4.78, 5) is 25.8. The summed E-state index contributed by atoms with van der Waals surface area (Å²) in [7, 11) is 36.1. The van der Waals surface area contributed by atoms with Crippen molar-refractivity contribution in [3.63, 3.8) is 0 Å². The largest absolute Gasteiger partial charge is 0.421 e. The number of halogens is 4. The predicted octanol–water partition coefficient (Wildman–Crippen LogP) is 0.557. The molecular weight excluding hydrogens is 470 g/mol. The standard InChI is InChI=1S/C15H10B6ClF3N6OS/c1-26-7-5(13(23,24)25)4-27-11(29-7)30-8-6(22)28-9(33-8)12(14(16,17)18)2-3-31(10(12)32)15(19,20)21/h4H,2-3H2,1H3,(H2,26,27,29,30)/t12-/m0/s1. The molecule has 158 valence electrons. The number of carbonyl (C=O) groups is 1. The van der Waals surface area contributed by atoms with Crippen molar-refractivity contribution in [2.45, 2.75) is 28.4 Å². The van der Waals surface area contributed by atoms with Crippen LogP contribution in [-0.4, -0.2) is 91.7 Å². The van der Waals surface area contributed by atoms with E-state index in [4.69, 9.17) is 58.7 Å². The third-order valence-electron chi connectivity index (χ3n) is 5.03. The summed E-state index contributed by atoms with van der Waals surface area (Å²) in [5.41, 5.74) is -2.85. The molecule has 0 bridgehead atoms. The first-order valence-corrected chi connectivity index (χ1v) is 10.3. The number of alkyl halides is 3. The molecule has 3 rings (SSSR count). The molecule has 1 amide bonds. The molecule has 0 spiro atoms. The van der Waals surface area contributed by atoms with Crippen LogP contribution in [0.3, 0.4) is 0 Å². The van der Waals surface area contributed by atoms with Crippen LogP contribution in [0.5, 0.6) is 0 Å². The van der Waals surface area contributed by atoms with Crippen molar-refractivity contribution in [1.82, 2.24) is 19.9 Å². The fourth-order valence-electron chi connectivity index (χ4n) is 3.38. The zero-order valence-corrected chi connectivity index (χ0v) is 18.6. The average Bonchev–Trinajstić information content (AvgIpc) is 3.21. The Labute approximate surface area is 204 Å². The lowest BCUT2D eigenvalue weighted by molar-refractivity contribution is -0.137. The van der Waals surface area contributed by atoms with Gasteiger partial charge in [0.15, 0.2) is 5.15 Å². The third kappa shape index (κ3) is 4.62. The Balaban J connectivity index is 2.01. The van der Waals surface area contributed by atoms with E-state index in [1.165, 1.54) is 7.05 Å². The van der Waals surface area contributed by atoms with E-state index in [1.54, 1.807) is 0 Å². The Morgan fingerprint density at radius 3 is 2.30 bits per heavy atom. The zero-order chi connectivity index (χ0) is 25.0. The second-order valence-corrected chi connectivity index (χ2v) is 8.76. The molecule has 33 heavy (non-hydrogen) atoms. The fraction of sp³-hybridized carbons (Fsp3) is 0.467. The predicted molar refractivity (Wildman–Crippen MR) is 125 cm³/mol. The molecule has 0 aliphatic carbocycles. The van der Waals surface area contributed by atoms with Crippen molar-refractivity contribution in [2.75, 3.05) is 24.2 Å². The quantitative estimate of drug-likeness (QED) is 0.589. The first-order chi connectivity index (χ1) is 15.0. The number of rotatable bonds is 6. The number of hydrogen-bond acceptors (Lipinski definition) is 7. The minimum atomic E-state index is -4.66. The van der Waals surface area contributed by atoms with Crippen LogP contribution < -0.4 is 10.6 Å². The number of nitrogens with zero attached hydrogens (tertiary/aromatic N) is 4. The number of nitrogens with one attached hydrogen (secondary N) is 2. The Bertz CT molecular complexity index is 1080. The van der Waals surface area contributed by atoms with Crippen LogP contribution >= 0.6 is 22.9 Å². The van der Waals surface area contributed by atoms with Crippen LogP contribution in [0.25, 0.3) is 0 Å². The van der Waals surface area contributed by atoms with E-state index in [2.05, 4.69) is 25.6 Å². The number of amides is 1. The Morgan fingerprint density at radius 2 is 1.82 bits per heavy atom. The van der Waals surface area contributed by atoms with Gasteiger partial charge in [-0.2, -0.15) is 18.2 Å². The van der Waals surface area contributed by atoms with Gasteiger partial charge in [0.2, 0.25) is 11.9 Å². The summed E-state index contributed by atoms with van der Waals surface area (Å²) >= 11 is 7.03. The van der Waals surface area contributed by atoms with Crippen molar-refractivity contribution >= 4 is 92.7 Å². The van der Waals surface area contributed by atoms with Crippen molar-refractivity contribution in [3.05, 3.63) is 21.9 Å². The van der Waals surface area contributed by atoms with Crippen LogP contribution in [0.2, 0.25) is 10.3 Å². The van der Waals surface area contributed by atoms with Gasteiger partial charge in [0.1, 0.15) is 21.4 Å². The number of thiazole rings is 1. The molecule has 3 heterocycles. The maximum atomic E-state index is 13.2. The average molecular weight is 480 g/mol. The van der Waals surface area contributed by atoms with Crippen molar-refractivity contribution in [3.8, 4) is 0 Å². The lowest BCUT2D eigenvalue weighted by Gasteiger charge is -2.42. The van der Waals surface area contributed by atoms with Crippen LogP contribution in [-0.2, 0) is 16.4 Å². The molecule has 2 aromatic heterocycles. The van der Waals surface area contributed by atoms with E-state index in [0.717, 1.165) is 16.2 Å². The van der Waals surface area contributed by atoms with Gasteiger partial charge in [0.05, 0.1) is 52.5 Å².